The van der Waals surface area contributed by atoms with Gasteiger partial charge in [0.15, 0.2) is 0 Å². The third-order valence-corrected chi connectivity index (χ3v) is 6.93. The summed E-state index contributed by atoms with van der Waals surface area (Å²) in [5, 5.41) is 16.5. The summed E-state index contributed by atoms with van der Waals surface area (Å²) in [5.74, 6) is -0.124. The maximum Gasteiger partial charge on any atom is 0.308 e. The van der Waals surface area contributed by atoms with Gasteiger partial charge in [-0.05, 0) is 43.6 Å². The molecule has 3 aromatic heterocycles. The molecule has 0 aromatic carbocycles. The van der Waals surface area contributed by atoms with E-state index in [0.717, 1.165) is 36.3 Å². The number of nitrogens with zero attached hydrogens (tertiary/aromatic N) is 2. The minimum absolute atomic E-state index is 0.0768. The average molecular weight is 386 g/mol. The Morgan fingerprint density at radius 3 is 2.85 bits per heavy atom. The summed E-state index contributed by atoms with van der Waals surface area (Å²) in [5.41, 5.74) is 1.42. The second-order valence-electron chi connectivity index (χ2n) is 7.50. The highest BCUT2D eigenvalue weighted by molar-refractivity contribution is 7.13. The first-order valence-electron chi connectivity index (χ1n) is 9.18. The van der Waals surface area contributed by atoms with E-state index in [1.807, 2.05) is 5.38 Å². The van der Waals surface area contributed by atoms with Crippen molar-refractivity contribution < 1.29 is 14.3 Å². The molecule has 2 bridgehead atoms. The van der Waals surface area contributed by atoms with Gasteiger partial charge in [0, 0.05) is 28.6 Å². The molecular weight excluding hydrogens is 367 g/mol. The highest BCUT2D eigenvalue weighted by atomic mass is 32.1. The van der Waals surface area contributed by atoms with Gasteiger partial charge in [-0.2, -0.15) is 0 Å². The van der Waals surface area contributed by atoms with Crippen LogP contribution in [0.1, 0.15) is 25.7 Å². The maximum absolute atomic E-state index is 13.6. The molecule has 0 amide bonds. The summed E-state index contributed by atoms with van der Waals surface area (Å²) in [6, 6.07) is 1.37. The van der Waals surface area contributed by atoms with Crippen LogP contribution in [0, 0.1) is 23.6 Å². The quantitative estimate of drug-likeness (QED) is 0.627. The number of hydrogen-bond donors (Lipinski definition) is 3. The van der Waals surface area contributed by atoms with Crippen LogP contribution >= 0.6 is 11.3 Å². The van der Waals surface area contributed by atoms with Gasteiger partial charge in [0.2, 0.25) is 0 Å². The van der Waals surface area contributed by atoms with E-state index >= 15 is 0 Å². The third-order valence-electron chi connectivity index (χ3n) is 6.05. The number of thiazole rings is 1. The van der Waals surface area contributed by atoms with Crippen LogP contribution in [0.4, 0.5) is 10.2 Å². The first-order valence-corrected chi connectivity index (χ1v) is 10.1. The zero-order chi connectivity index (χ0) is 18.5. The summed E-state index contributed by atoms with van der Waals surface area (Å²) in [4.78, 5) is 23.5. The van der Waals surface area contributed by atoms with Crippen LogP contribution in [0.5, 0.6) is 0 Å². The SMILES string of the molecule is O=C(O)[C@@H]1C(Nc2csc(-c3c[nH]c4ncc(F)cc34)n2)[C@H]2CC[C@@H]1CC2. The van der Waals surface area contributed by atoms with E-state index in [2.05, 4.69) is 20.3 Å². The Bertz CT molecular complexity index is 1010. The van der Waals surface area contributed by atoms with Gasteiger partial charge in [-0.1, -0.05) is 0 Å². The Morgan fingerprint density at radius 1 is 1.30 bits per heavy atom. The second-order valence-corrected chi connectivity index (χ2v) is 8.36. The van der Waals surface area contributed by atoms with Crippen molar-refractivity contribution in [2.45, 2.75) is 31.7 Å². The number of fused-ring (bicyclic) bond motifs is 4. The average Bonchev–Trinajstić information content (AvgIpc) is 3.28. The topological polar surface area (TPSA) is 90.9 Å². The van der Waals surface area contributed by atoms with Crippen molar-refractivity contribution >= 4 is 34.2 Å². The Balaban J connectivity index is 1.43. The number of halogens is 1. The minimum atomic E-state index is -0.712. The van der Waals surface area contributed by atoms with Gasteiger partial charge in [0.25, 0.3) is 0 Å². The molecule has 6 nitrogen and oxygen atoms in total. The summed E-state index contributed by atoms with van der Waals surface area (Å²) in [7, 11) is 0. The molecule has 140 valence electrons. The lowest BCUT2D eigenvalue weighted by Gasteiger charge is -2.47. The van der Waals surface area contributed by atoms with Crippen LogP contribution in [-0.2, 0) is 4.79 Å². The van der Waals surface area contributed by atoms with E-state index in [-0.39, 0.29) is 23.7 Å². The van der Waals surface area contributed by atoms with Gasteiger partial charge in [-0.3, -0.25) is 4.79 Å². The van der Waals surface area contributed by atoms with E-state index < -0.39 is 5.97 Å². The van der Waals surface area contributed by atoms with Gasteiger partial charge in [-0.25, -0.2) is 14.4 Å². The van der Waals surface area contributed by atoms with Crippen molar-refractivity contribution in [1.29, 1.82) is 0 Å². The lowest BCUT2D eigenvalue weighted by Crippen LogP contribution is -2.51. The smallest absolute Gasteiger partial charge is 0.308 e. The molecule has 6 rings (SSSR count). The molecular formula is C19H19FN4O2S. The van der Waals surface area contributed by atoms with Crippen LogP contribution in [-0.4, -0.2) is 32.1 Å². The van der Waals surface area contributed by atoms with E-state index in [4.69, 9.17) is 0 Å². The zero-order valence-corrected chi connectivity index (χ0v) is 15.3. The van der Waals surface area contributed by atoms with E-state index in [0.29, 0.717) is 22.8 Å². The molecule has 27 heavy (non-hydrogen) atoms. The number of aromatic nitrogens is 3. The summed E-state index contributed by atoms with van der Waals surface area (Å²) >= 11 is 1.45. The molecule has 3 aliphatic rings. The normalized spacial score (nSPS) is 27.1. The number of carbonyl (C=O) groups is 1. The standard InChI is InChI=1S/C19H19FN4O2S/c20-11-5-12-13(7-22-17(12)21-6-11)18-24-14(8-27-18)23-16-10-3-1-9(2-4-10)15(16)19(25)26/h5-10,15-16,23H,1-4H2,(H,21,22)(H,25,26)/t9-,10+,15-,16?/m0/s1. The monoisotopic (exact) mass is 386 g/mol. The van der Waals surface area contributed by atoms with Crippen LogP contribution < -0.4 is 5.32 Å². The highest BCUT2D eigenvalue weighted by Gasteiger charge is 2.47. The molecule has 1 unspecified atom stereocenters. The van der Waals surface area contributed by atoms with E-state index in [1.165, 1.54) is 23.6 Å². The van der Waals surface area contributed by atoms with E-state index in [1.54, 1.807) is 6.20 Å². The van der Waals surface area contributed by atoms with Crippen molar-refractivity contribution in [3.8, 4) is 10.6 Å². The fraction of sp³-hybridized carbons (Fsp3) is 0.421. The van der Waals surface area contributed by atoms with Crippen molar-refractivity contribution in [2.24, 2.45) is 17.8 Å². The van der Waals surface area contributed by atoms with Crippen LogP contribution in [0.2, 0.25) is 0 Å². The van der Waals surface area contributed by atoms with Crippen molar-refractivity contribution in [3.63, 3.8) is 0 Å². The molecule has 2 atom stereocenters. The van der Waals surface area contributed by atoms with Gasteiger partial charge < -0.3 is 15.4 Å². The Kier molecular flexibility index (Phi) is 3.89. The van der Waals surface area contributed by atoms with Crippen LogP contribution in [0.15, 0.2) is 23.8 Å². The highest BCUT2D eigenvalue weighted by Crippen LogP contribution is 2.46. The number of aromatic amines is 1. The van der Waals surface area contributed by atoms with E-state index in [9.17, 15) is 14.3 Å². The van der Waals surface area contributed by atoms with Gasteiger partial charge in [-0.15, -0.1) is 11.3 Å². The van der Waals surface area contributed by atoms with Gasteiger partial charge in [0.1, 0.15) is 22.3 Å². The lowest BCUT2D eigenvalue weighted by atomic mass is 9.61. The summed E-state index contributed by atoms with van der Waals surface area (Å²) in [6.07, 6.45) is 7.14. The Morgan fingerprint density at radius 2 is 2.07 bits per heavy atom. The molecule has 0 spiro atoms. The molecule has 8 heteroatoms. The summed E-state index contributed by atoms with van der Waals surface area (Å²) < 4.78 is 13.6. The van der Waals surface area contributed by atoms with Crippen LogP contribution in [0.25, 0.3) is 21.6 Å². The molecule has 3 aliphatic carbocycles. The molecule has 0 radical (unpaired) electrons. The second kappa shape index (κ2) is 6.30. The molecule has 3 N–H and O–H groups in total. The zero-order valence-electron chi connectivity index (χ0n) is 14.5. The van der Waals surface area contributed by atoms with Crippen molar-refractivity contribution in [2.75, 3.05) is 5.32 Å². The minimum Gasteiger partial charge on any atom is -0.481 e. The molecule has 3 saturated carbocycles. The molecule has 0 saturated heterocycles. The molecule has 0 aliphatic heterocycles. The maximum atomic E-state index is 13.6. The number of hydrogen-bond acceptors (Lipinski definition) is 5. The molecule has 3 heterocycles. The molecule has 3 aromatic rings. The first kappa shape index (κ1) is 16.7. The predicted molar refractivity (Wildman–Crippen MR) is 101 cm³/mol. The number of carboxylic acids is 1. The van der Waals surface area contributed by atoms with Gasteiger partial charge >= 0.3 is 5.97 Å². The number of rotatable bonds is 4. The largest absolute Gasteiger partial charge is 0.481 e. The Labute approximate surface area is 158 Å². The van der Waals surface area contributed by atoms with Crippen LogP contribution in [0.3, 0.4) is 0 Å². The Hall–Kier alpha value is -2.48. The van der Waals surface area contributed by atoms with Crippen molar-refractivity contribution in [1.82, 2.24) is 15.0 Å². The number of aliphatic carboxylic acids is 1. The number of carboxylic acid groups (broad SMARTS) is 1. The van der Waals surface area contributed by atoms with Crippen molar-refractivity contribution in [3.05, 3.63) is 29.7 Å². The third kappa shape index (κ3) is 2.79. The first-order chi connectivity index (χ1) is 13.1. The summed E-state index contributed by atoms with van der Waals surface area (Å²) in [6.45, 7) is 0. The number of H-pyrrole nitrogens is 1. The van der Waals surface area contributed by atoms with Gasteiger partial charge in [0.05, 0.1) is 12.1 Å². The fourth-order valence-corrected chi connectivity index (χ4v) is 5.59. The number of pyridine rings is 1. The number of anilines is 1. The number of nitrogens with one attached hydrogen (secondary N) is 2. The fourth-order valence-electron chi connectivity index (χ4n) is 4.80. The molecule has 3 fully saturated rings. The lowest BCUT2D eigenvalue weighted by molar-refractivity contribution is -0.148. The predicted octanol–water partition coefficient (Wildman–Crippen LogP) is 4.13.